The molecule has 0 saturated carbocycles. The molecule has 0 aliphatic carbocycles. The van der Waals surface area contributed by atoms with Crippen molar-refractivity contribution in [2.75, 3.05) is 6.61 Å². The molecular formula is C19H15N3O2. The molecule has 4 aromatic rings. The Labute approximate surface area is 138 Å². The van der Waals surface area contributed by atoms with Gasteiger partial charge in [-0.3, -0.25) is 4.98 Å². The molecular weight excluding hydrogens is 302 g/mol. The van der Waals surface area contributed by atoms with Crippen LogP contribution >= 0.6 is 0 Å². The van der Waals surface area contributed by atoms with Gasteiger partial charge in [0, 0.05) is 17.1 Å². The Bertz CT molecular complexity index is 946. The Hall–Kier alpha value is -3.21. The minimum Gasteiger partial charge on any atom is -0.491 e. The van der Waals surface area contributed by atoms with Gasteiger partial charge in [-0.2, -0.15) is 0 Å². The van der Waals surface area contributed by atoms with Crippen molar-refractivity contribution in [2.45, 2.75) is 6.42 Å². The van der Waals surface area contributed by atoms with Crippen LogP contribution in [-0.2, 0) is 6.42 Å². The number of fused-ring (bicyclic) bond motifs is 1. The van der Waals surface area contributed by atoms with E-state index in [1.807, 2.05) is 60.7 Å². The summed E-state index contributed by atoms with van der Waals surface area (Å²) in [7, 11) is 0. The SMILES string of the molecule is c1ccc(-c2nnc(CCOc3cccc4cccnc34)o2)cc1. The van der Waals surface area contributed by atoms with E-state index >= 15 is 0 Å². The zero-order valence-electron chi connectivity index (χ0n) is 12.9. The third-order valence-electron chi connectivity index (χ3n) is 3.66. The summed E-state index contributed by atoms with van der Waals surface area (Å²) in [5, 5.41) is 9.21. The Kier molecular flexibility index (Phi) is 3.90. The number of aromatic nitrogens is 3. The first-order valence-electron chi connectivity index (χ1n) is 7.74. The molecule has 2 heterocycles. The molecule has 0 spiro atoms. The van der Waals surface area contributed by atoms with Crippen LogP contribution in [0.25, 0.3) is 22.4 Å². The molecule has 0 saturated heterocycles. The van der Waals surface area contributed by atoms with Gasteiger partial charge in [-0.15, -0.1) is 10.2 Å². The summed E-state index contributed by atoms with van der Waals surface area (Å²) in [4.78, 5) is 4.37. The monoisotopic (exact) mass is 317 g/mol. The second kappa shape index (κ2) is 6.50. The minimum absolute atomic E-state index is 0.451. The van der Waals surface area contributed by atoms with Crippen LogP contribution in [0.15, 0.2) is 71.3 Å². The molecule has 2 aromatic heterocycles. The van der Waals surface area contributed by atoms with Gasteiger partial charge in [0.15, 0.2) is 0 Å². The van der Waals surface area contributed by atoms with Crippen molar-refractivity contribution in [1.29, 1.82) is 0 Å². The molecule has 4 rings (SSSR count). The fraction of sp³-hybridized carbons (Fsp3) is 0.105. The van der Waals surface area contributed by atoms with Crippen LogP contribution in [0.1, 0.15) is 5.89 Å². The molecule has 0 atom stereocenters. The van der Waals surface area contributed by atoms with Crippen LogP contribution in [0.5, 0.6) is 5.75 Å². The first-order valence-corrected chi connectivity index (χ1v) is 7.74. The van der Waals surface area contributed by atoms with Crippen LogP contribution in [0, 0.1) is 0 Å². The predicted molar refractivity (Wildman–Crippen MR) is 90.7 cm³/mol. The third-order valence-corrected chi connectivity index (χ3v) is 3.66. The van der Waals surface area contributed by atoms with Gasteiger partial charge < -0.3 is 9.15 Å². The van der Waals surface area contributed by atoms with Gasteiger partial charge in [-0.25, -0.2) is 0 Å². The van der Waals surface area contributed by atoms with Gasteiger partial charge in [0.05, 0.1) is 13.0 Å². The molecule has 0 amide bonds. The van der Waals surface area contributed by atoms with Crippen molar-refractivity contribution in [3.8, 4) is 17.2 Å². The van der Waals surface area contributed by atoms with Crippen molar-refractivity contribution >= 4 is 10.9 Å². The molecule has 2 aromatic carbocycles. The largest absolute Gasteiger partial charge is 0.491 e. The first-order chi connectivity index (χ1) is 11.9. The third kappa shape index (κ3) is 2.96. The smallest absolute Gasteiger partial charge is 0.247 e. The molecule has 0 bridgehead atoms. The van der Waals surface area contributed by atoms with Gasteiger partial charge in [0.1, 0.15) is 11.3 Å². The average molecular weight is 317 g/mol. The second-order valence-corrected chi connectivity index (χ2v) is 5.30. The van der Waals surface area contributed by atoms with Gasteiger partial charge in [-0.05, 0) is 24.3 Å². The van der Waals surface area contributed by atoms with E-state index < -0.39 is 0 Å². The van der Waals surface area contributed by atoms with Gasteiger partial charge in [0.25, 0.3) is 0 Å². The normalized spacial score (nSPS) is 10.8. The molecule has 0 aliphatic heterocycles. The Balaban J connectivity index is 1.43. The van der Waals surface area contributed by atoms with E-state index in [2.05, 4.69) is 15.2 Å². The lowest BCUT2D eigenvalue weighted by atomic mass is 10.2. The summed E-state index contributed by atoms with van der Waals surface area (Å²) in [6.45, 7) is 0.451. The van der Waals surface area contributed by atoms with E-state index in [-0.39, 0.29) is 0 Å². The Morgan fingerprint density at radius 2 is 1.75 bits per heavy atom. The summed E-state index contributed by atoms with van der Waals surface area (Å²) >= 11 is 0. The lowest BCUT2D eigenvalue weighted by Crippen LogP contribution is -2.02. The van der Waals surface area contributed by atoms with E-state index in [1.165, 1.54) is 0 Å². The number of ether oxygens (including phenoxy) is 1. The van der Waals surface area contributed by atoms with Crippen molar-refractivity contribution in [1.82, 2.24) is 15.2 Å². The average Bonchev–Trinajstić information content (AvgIpc) is 3.12. The maximum atomic E-state index is 5.85. The van der Waals surface area contributed by atoms with Crippen molar-refractivity contribution in [3.63, 3.8) is 0 Å². The molecule has 24 heavy (non-hydrogen) atoms. The predicted octanol–water partition coefficient (Wildman–Crippen LogP) is 3.91. The number of hydrogen-bond donors (Lipinski definition) is 0. The van der Waals surface area contributed by atoms with Crippen molar-refractivity contribution in [3.05, 3.63) is 72.8 Å². The topological polar surface area (TPSA) is 61.0 Å². The molecule has 5 heteroatoms. The minimum atomic E-state index is 0.451. The second-order valence-electron chi connectivity index (χ2n) is 5.30. The van der Waals surface area contributed by atoms with Crippen LogP contribution in [0.3, 0.4) is 0 Å². The molecule has 0 N–H and O–H groups in total. The lowest BCUT2D eigenvalue weighted by molar-refractivity contribution is 0.309. The van der Waals surface area contributed by atoms with E-state index in [4.69, 9.17) is 9.15 Å². The van der Waals surface area contributed by atoms with E-state index in [0.717, 1.165) is 22.2 Å². The van der Waals surface area contributed by atoms with Gasteiger partial charge >= 0.3 is 0 Å². The molecule has 0 fully saturated rings. The van der Waals surface area contributed by atoms with Crippen molar-refractivity contribution < 1.29 is 9.15 Å². The Morgan fingerprint density at radius 1 is 0.875 bits per heavy atom. The van der Waals surface area contributed by atoms with E-state index in [9.17, 15) is 0 Å². The van der Waals surface area contributed by atoms with Gasteiger partial charge in [0.2, 0.25) is 11.8 Å². The molecule has 5 nitrogen and oxygen atoms in total. The maximum absolute atomic E-state index is 5.85. The van der Waals surface area contributed by atoms with E-state index in [1.54, 1.807) is 6.20 Å². The van der Waals surface area contributed by atoms with Gasteiger partial charge in [-0.1, -0.05) is 36.4 Å². The highest BCUT2D eigenvalue weighted by Gasteiger charge is 2.09. The number of rotatable bonds is 5. The van der Waals surface area contributed by atoms with Crippen LogP contribution < -0.4 is 4.74 Å². The van der Waals surface area contributed by atoms with Crippen LogP contribution in [0.2, 0.25) is 0 Å². The first kappa shape index (κ1) is 14.4. The van der Waals surface area contributed by atoms with Crippen LogP contribution in [-0.4, -0.2) is 21.8 Å². The molecule has 118 valence electrons. The van der Waals surface area contributed by atoms with Crippen LogP contribution in [0.4, 0.5) is 0 Å². The Morgan fingerprint density at radius 3 is 2.67 bits per heavy atom. The quantitative estimate of drug-likeness (QED) is 0.558. The zero-order chi connectivity index (χ0) is 16.2. The zero-order valence-corrected chi connectivity index (χ0v) is 12.9. The molecule has 0 radical (unpaired) electrons. The number of hydrogen-bond acceptors (Lipinski definition) is 5. The fourth-order valence-electron chi connectivity index (χ4n) is 2.49. The highest BCUT2D eigenvalue weighted by atomic mass is 16.5. The van der Waals surface area contributed by atoms with Crippen molar-refractivity contribution in [2.24, 2.45) is 0 Å². The van der Waals surface area contributed by atoms with E-state index in [0.29, 0.717) is 24.8 Å². The molecule has 0 aliphatic rings. The molecule has 0 unspecified atom stereocenters. The highest BCUT2D eigenvalue weighted by Crippen LogP contribution is 2.23. The summed E-state index contributed by atoms with van der Waals surface area (Å²) in [6.07, 6.45) is 2.31. The summed E-state index contributed by atoms with van der Waals surface area (Å²) in [5.41, 5.74) is 1.77. The lowest BCUT2D eigenvalue weighted by Gasteiger charge is -2.07. The summed E-state index contributed by atoms with van der Waals surface area (Å²) in [5.74, 6) is 1.84. The standard InChI is InChI=1S/C19H15N3O2/c1-2-6-15(7-3-1)19-22-21-17(24-19)11-13-23-16-10-4-8-14-9-5-12-20-18(14)16/h1-10,12H,11,13H2. The fourth-order valence-corrected chi connectivity index (χ4v) is 2.49. The highest BCUT2D eigenvalue weighted by molar-refractivity contribution is 5.84. The summed E-state index contributed by atoms with van der Waals surface area (Å²) in [6, 6.07) is 19.5. The number of para-hydroxylation sites is 1. The maximum Gasteiger partial charge on any atom is 0.247 e. The number of benzene rings is 2. The number of pyridine rings is 1. The summed E-state index contributed by atoms with van der Waals surface area (Å²) < 4.78 is 11.5. The number of nitrogens with zero attached hydrogens (tertiary/aromatic N) is 3.